The standard InChI is InChI=1S/C17H26N2O2/c1-13-6-8-17(21,9-7-13)12-18-11-16(20)19-15-5-3-4-14(2)10-15/h3-5,10,13,18,21H,6-9,11-12H2,1-2H3,(H,19,20). The maximum Gasteiger partial charge on any atom is 0.238 e. The Bertz CT molecular complexity index is 479. The quantitative estimate of drug-likeness (QED) is 0.780. The average Bonchev–Trinajstić information content (AvgIpc) is 2.42. The Morgan fingerprint density at radius 2 is 2.10 bits per heavy atom. The van der Waals surface area contributed by atoms with Crippen molar-refractivity contribution in [3.05, 3.63) is 29.8 Å². The van der Waals surface area contributed by atoms with Gasteiger partial charge in [0.15, 0.2) is 0 Å². The van der Waals surface area contributed by atoms with Crippen LogP contribution in [0.3, 0.4) is 0 Å². The van der Waals surface area contributed by atoms with Gasteiger partial charge in [-0.25, -0.2) is 0 Å². The van der Waals surface area contributed by atoms with E-state index in [1.165, 1.54) is 0 Å². The highest BCUT2D eigenvalue weighted by molar-refractivity contribution is 5.92. The summed E-state index contributed by atoms with van der Waals surface area (Å²) >= 11 is 0. The highest BCUT2D eigenvalue weighted by Gasteiger charge is 2.31. The summed E-state index contributed by atoms with van der Waals surface area (Å²) in [5.41, 5.74) is 1.29. The number of amides is 1. The molecule has 1 amide bonds. The molecule has 1 aromatic rings. The first kappa shape index (κ1) is 16.0. The number of rotatable bonds is 5. The molecule has 0 radical (unpaired) electrons. The highest BCUT2D eigenvalue weighted by Crippen LogP contribution is 2.31. The van der Waals surface area contributed by atoms with Gasteiger partial charge in [0.05, 0.1) is 12.1 Å². The monoisotopic (exact) mass is 290 g/mol. The fourth-order valence-electron chi connectivity index (χ4n) is 2.81. The molecule has 0 aromatic heterocycles. The molecule has 2 rings (SSSR count). The fourth-order valence-corrected chi connectivity index (χ4v) is 2.81. The first-order chi connectivity index (χ1) is 9.97. The molecule has 1 aromatic carbocycles. The van der Waals surface area contributed by atoms with Crippen LogP contribution >= 0.6 is 0 Å². The zero-order valence-corrected chi connectivity index (χ0v) is 13.0. The second-order valence-electron chi connectivity index (χ2n) is 6.43. The largest absolute Gasteiger partial charge is 0.389 e. The summed E-state index contributed by atoms with van der Waals surface area (Å²) in [7, 11) is 0. The van der Waals surface area contributed by atoms with Crippen molar-refractivity contribution in [2.45, 2.75) is 45.1 Å². The van der Waals surface area contributed by atoms with Gasteiger partial charge in [-0.1, -0.05) is 19.1 Å². The molecule has 3 N–H and O–H groups in total. The normalized spacial score (nSPS) is 25.6. The Kier molecular flexibility index (Phi) is 5.37. The van der Waals surface area contributed by atoms with E-state index >= 15 is 0 Å². The number of hydrogen-bond donors (Lipinski definition) is 3. The molecule has 1 fully saturated rings. The van der Waals surface area contributed by atoms with E-state index < -0.39 is 5.60 Å². The molecule has 4 heteroatoms. The van der Waals surface area contributed by atoms with E-state index in [9.17, 15) is 9.90 Å². The highest BCUT2D eigenvalue weighted by atomic mass is 16.3. The lowest BCUT2D eigenvalue weighted by atomic mass is 9.79. The molecule has 0 atom stereocenters. The van der Waals surface area contributed by atoms with Crippen LogP contribution in [0.5, 0.6) is 0 Å². The van der Waals surface area contributed by atoms with Crippen LogP contribution in [0.1, 0.15) is 38.2 Å². The van der Waals surface area contributed by atoms with Gasteiger partial charge in [-0.2, -0.15) is 0 Å². The Labute approximate surface area is 126 Å². The molecule has 1 aliphatic carbocycles. The van der Waals surface area contributed by atoms with Gasteiger partial charge < -0.3 is 15.7 Å². The average molecular weight is 290 g/mol. The molecule has 1 aliphatic rings. The molecule has 4 nitrogen and oxygen atoms in total. The minimum absolute atomic E-state index is 0.0756. The van der Waals surface area contributed by atoms with E-state index in [1.807, 2.05) is 31.2 Å². The number of benzene rings is 1. The predicted molar refractivity (Wildman–Crippen MR) is 85.3 cm³/mol. The molecule has 0 bridgehead atoms. The van der Waals surface area contributed by atoms with Crippen LogP contribution in [0.2, 0.25) is 0 Å². The first-order valence-corrected chi connectivity index (χ1v) is 7.76. The number of hydrogen-bond acceptors (Lipinski definition) is 3. The van der Waals surface area contributed by atoms with Crippen LogP contribution in [0.15, 0.2) is 24.3 Å². The Morgan fingerprint density at radius 3 is 2.76 bits per heavy atom. The lowest BCUT2D eigenvalue weighted by molar-refractivity contribution is -0.115. The predicted octanol–water partition coefficient (Wildman–Crippen LogP) is 2.46. The number of aryl methyl sites for hydroxylation is 1. The van der Waals surface area contributed by atoms with Crippen LogP contribution in [0.4, 0.5) is 5.69 Å². The smallest absolute Gasteiger partial charge is 0.238 e. The zero-order chi connectivity index (χ0) is 15.3. The van der Waals surface area contributed by atoms with Crippen LogP contribution < -0.4 is 10.6 Å². The zero-order valence-electron chi connectivity index (χ0n) is 13.0. The van der Waals surface area contributed by atoms with Crippen molar-refractivity contribution in [1.82, 2.24) is 5.32 Å². The molecule has 0 spiro atoms. The van der Waals surface area contributed by atoms with Gasteiger partial charge in [0.2, 0.25) is 5.91 Å². The summed E-state index contributed by atoms with van der Waals surface area (Å²) < 4.78 is 0. The van der Waals surface area contributed by atoms with Gasteiger partial charge in [-0.15, -0.1) is 0 Å². The van der Waals surface area contributed by atoms with E-state index in [2.05, 4.69) is 17.6 Å². The summed E-state index contributed by atoms with van der Waals surface area (Å²) in [5.74, 6) is 0.628. The fraction of sp³-hybridized carbons (Fsp3) is 0.588. The van der Waals surface area contributed by atoms with E-state index in [-0.39, 0.29) is 12.5 Å². The number of aliphatic hydroxyl groups is 1. The third-order valence-corrected chi connectivity index (χ3v) is 4.25. The maximum atomic E-state index is 11.9. The maximum absolute atomic E-state index is 11.9. The second kappa shape index (κ2) is 7.05. The number of carbonyl (C=O) groups excluding carboxylic acids is 1. The number of anilines is 1. The second-order valence-corrected chi connectivity index (χ2v) is 6.43. The van der Waals surface area contributed by atoms with Crippen molar-refractivity contribution >= 4 is 11.6 Å². The van der Waals surface area contributed by atoms with Crippen LogP contribution in [-0.4, -0.2) is 29.7 Å². The molecule has 1 saturated carbocycles. The van der Waals surface area contributed by atoms with E-state index in [0.717, 1.165) is 36.9 Å². The third kappa shape index (κ3) is 5.14. The van der Waals surface area contributed by atoms with Gasteiger partial charge in [-0.05, 0) is 56.2 Å². The van der Waals surface area contributed by atoms with Gasteiger partial charge in [-0.3, -0.25) is 4.79 Å². The summed E-state index contributed by atoms with van der Waals surface area (Å²) in [4.78, 5) is 11.9. The van der Waals surface area contributed by atoms with Crippen LogP contribution in [0, 0.1) is 12.8 Å². The number of nitrogens with one attached hydrogen (secondary N) is 2. The molecular weight excluding hydrogens is 264 g/mol. The van der Waals surface area contributed by atoms with Crippen LogP contribution in [-0.2, 0) is 4.79 Å². The van der Waals surface area contributed by atoms with Gasteiger partial charge in [0.25, 0.3) is 0 Å². The van der Waals surface area contributed by atoms with Gasteiger partial charge in [0.1, 0.15) is 0 Å². The lowest BCUT2D eigenvalue weighted by Crippen LogP contribution is -2.45. The molecule has 0 saturated heterocycles. The van der Waals surface area contributed by atoms with Crippen molar-refractivity contribution < 1.29 is 9.90 Å². The molecule has 0 heterocycles. The van der Waals surface area contributed by atoms with Gasteiger partial charge in [0, 0.05) is 12.2 Å². The summed E-state index contributed by atoms with van der Waals surface area (Å²) in [6, 6.07) is 7.73. The number of carbonyl (C=O) groups is 1. The van der Waals surface area contributed by atoms with Crippen molar-refractivity contribution in [2.75, 3.05) is 18.4 Å². The molecule has 116 valence electrons. The minimum Gasteiger partial charge on any atom is -0.389 e. The summed E-state index contributed by atoms with van der Waals surface area (Å²) in [6.45, 7) is 4.93. The van der Waals surface area contributed by atoms with E-state index in [0.29, 0.717) is 12.5 Å². The van der Waals surface area contributed by atoms with E-state index in [1.54, 1.807) is 0 Å². The lowest BCUT2D eigenvalue weighted by Gasteiger charge is -2.35. The molecule has 0 unspecified atom stereocenters. The molecule has 0 aliphatic heterocycles. The van der Waals surface area contributed by atoms with Crippen molar-refractivity contribution in [1.29, 1.82) is 0 Å². The topological polar surface area (TPSA) is 61.4 Å². The Morgan fingerprint density at radius 1 is 1.38 bits per heavy atom. The van der Waals surface area contributed by atoms with Gasteiger partial charge >= 0.3 is 0 Å². The van der Waals surface area contributed by atoms with Crippen molar-refractivity contribution in [3.8, 4) is 0 Å². The Balaban J connectivity index is 1.72. The van der Waals surface area contributed by atoms with E-state index in [4.69, 9.17) is 0 Å². The van der Waals surface area contributed by atoms with Crippen molar-refractivity contribution in [3.63, 3.8) is 0 Å². The SMILES string of the molecule is Cc1cccc(NC(=O)CNCC2(O)CCC(C)CC2)c1. The first-order valence-electron chi connectivity index (χ1n) is 7.76. The summed E-state index contributed by atoms with van der Waals surface area (Å²) in [5, 5.41) is 16.4. The molecule has 21 heavy (non-hydrogen) atoms. The Hall–Kier alpha value is -1.39. The minimum atomic E-state index is -0.643. The summed E-state index contributed by atoms with van der Waals surface area (Å²) in [6.07, 6.45) is 3.77. The van der Waals surface area contributed by atoms with Crippen molar-refractivity contribution in [2.24, 2.45) is 5.92 Å². The molecular formula is C17H26N2O2. The van der Waals surface area contributed by atoms with Crippen LogP contribution in [0.25, 0.3) is 0 Å². The third-order valence-electron chi connectivity index (χ3n) is 4.25.